The van der Waals surface area contributed by atoms with Gasteiger partial charge in [-0.3, -0.25) is 9.89 Å². The molecule has 1 N–H and O–H groups in total. The van der Waals surface area contributed by atoms with Crippen LogP contribution in [0.15, 0.2) is 31.0 Å². The predicted octanol–water partition coefficient (Wildman–Crippen LogP) is 4.38. The van der Waals surface area contributed by atoms with E-state index >= 15 is 0 Å². The minimum atomic E-state index is -0.0543. The van der Waals surface area contributed by atoms with Crippen LogP contribution in [0.4, 0.5) is 5.82 Å². The zero-order valence-electron chi connectivity index (χ0n) is 24.0. The third kappa shape index (κ3) is 4.53. The Hall–Kier alpha value is -3.89. The van der Waals surface area contributed by atoms with Crippen molar-refractivity contribution in [2.24, 2.45) is 0 Å². The Morgan fingerprint density at radius 1 is 1.24 bits per heavy atom. The number of rotatable bonds is 6. The number of H-pyrrole nitrogens is 1. The zero-order valence-corrected chi connectivity index (χ0v) is 24.7. The molecule has 7 rings (SSSR count). The molecule has 5 heterocycles. The number of halogens is 1. The highest BCUT2D eigenvalue weighted by Crippen LogP contribution is 2.48. The lowest BCUT2D eigenvalue weighted by Crippen LogP contribution is -2.48. The average Bonchev–Trinajstić information content (AvgIpc) is 3.77. The number of likely N-dealkylation sites (N-methyl/N-ethyl adjacent to an activating group) is 1. The van der Waals surface area contributed by atoms with Gasteiger partial charge in [-0.25, -0.2) is 0 Å². The summed E-state index contributed by atoms with van der Waals surface area (Å²) in [5.41, 5.74) is 5.64. The Morgan fingerprint density at radius 3 is 2.83 bits per heavy atom. The summed E-state index contributed by atoms with van der Waals surface area (Å²) in [4.78, 5) is 28.6. The molecule has 0 bridgehead atoms. The molecule has 1 amide bonds. The molecule has 2 aromatic carbocycles. The standard InChI is InChI=1S/C31H34ClN7O3/c1-4-25(40)38-9-11-39(12-10-38)30-27-24(34-31(35-30)42-17-19-6-5-8-37(19)3)15-21(20-7-13-41-29(20)27)26-22-16-33-36-23(22)14-18(2)28(26)32/h4,14-16,19H,1,5-13,17H2,2-3H3,(H,33,36). The predicted molar refractivity (Wildman–Crippen MR) is 164 cm³/mol. The maximum Gasteiger partial charge on any atom is 0.319 e. The largest absolute Gasteiger partial charge is 0.492 e. The van der Waals surface area contributed by atoms with Crippen LogP contribution in [0.1, 0.15) is 24.0 Å². The van der Waals surface area contributed by atoms with Crippen molar-refractivity contribution in [3.63, 3.8) is 0 Å². The first-order chi connectivity index (χ1) is 20.4. The van der Waals surface area contributed by atoms with Crippen molar-refractivity contribution in [2.45, 2.75) is 32.2 Å². The van der Waals surface area contributed by atoms with Gasteiger partial charge in [0.25, 0.3) is 0 Å². The quantitative estimate of drug-likeness (QED) is 0.332. The van der Waals surface area contributed by atoms with Crippen LogP contribution < -0.4 is 14.4 Å². The number of carbonyl (C=O) groups excluding carboxylic acids is 1. The number of likely N-dealkylation sites (tertiary alicyclic amines) is 1. The van der Waals surface area contributed by atoms with Crippen LogP contribution in [0.5, 0.6) is 11.8 Å². The lowest BCUT2D eigenvalue weighted by Gasteiger charge is -2.35. The van der Waals surface area contributed by atoms with Crippen molar-refractivity contribution in [1.29, 1.82) is 0 Å². The normalized spacial score (nSPS) is 19.0. The number of hydrogen-bond acceptors (Lipinski definition) is 8. The zero-order chi connectivity index (χ0) is 29.0. The topological polar surface area (TPSA) is 99.7 Å². The summed E-state index contributed by atoms with van der Waals surface area (Å²) < 4.78 is 12.6. The summed E-state index contributed by atoms with van der Waals surface area (Å²) in [5.74, 6) is 1.51. The number of nitrogens with zero attached hydrogens (tertiary/aromatic N) is 6. The molecule has 11 heteroatoms. The number of benzene rings is 2. The van der Waals surface area contributed by atoms with Crippen molar-refractivity contribution in [2.75, 3.05) is 57.9 Å². The number of piperazine rings is 1. The maximum atomic E-state index is 12.3. The van der Waals surface area contributed by atoms with Crippen molar-refractivity contribution in [3.8, 4) is 22.9 Å². The fraction of sp³-hybridized carbons (Fsp3) is 0.419. The van der Waals surface area contributed by atoms with Crippen LogP contribution in [-0.4, -0.2) is 94.9 Å². The van der Waals surface area contributed by atoms with E-state index in [1.807, 2.05) is 24.1 Å². The Bertz CT molecular complexity index is 1710. The van der Waals surface area contributed by atoms with Gasteiger partial charge < -0.3 is 24.2 Å². The average molecular weight is 588 g/mol. The molecular formula is C31H34ClN7O3. The molecule has 2 fully saturated rings. The molecule has 0 saturated carbocycles. The van der Waals surface area contributed by atoms with Crippen LogP contribution in [0.3, 0.4) is 0 Å². The Morgan fingerprint density at radius 2 is 2.07 bits per heavy atom. The minimum absolute atomic E-state index is 0.0543. The molecule has 218 valence electrons. The van der Waals surface area contributed by atoms with Crippen LogP contribution in [0.2, 0.25) is 5.02 Å². The first-order valence-electron chi connectivity index (χ1n) is 14.5. The SMILES string of the molecule is C=CC(=O)N1CCN(c2nc(OCC3CCCN3C)nc3cc(-c4c(Cl)c(C)cc5[nH]ncc45)c4c(c23)OCC4)CC1. The second-order valence-corrected chi connectivity index (χ2v) is 11.7. The number of aromatic amines is 1. The highest BCUT2D eigenvalue weighted by atomic mass is 35.5. The summed E-state index contributed by atoms with van der Waals surface area (Å²) in [6.45, 7) is 10.2. The van der Waals surface area contributed by atoms with Crippen LogP contribution in [0, 0.1) is 6.92 Å². The van der Waals surface area contributed by atoms with E-state index < -0.39 is 0 Å². The molecule has 10 nitrogen and oxygen atoms in total. The molecule has 0 spiro atoms. The molecular weight excluding hydrogens is 554 g/mol. The second-order valence-electron chi connectivity index (χ2n) is 11.4. The molecule has 3 aliphatic rings. The number of nitrogens with one attached hydrogen (secondary N) is 1. The van der Waals surface area contributed by atoms with E-state index in [-0.39, 0.29) is 5.91 Å². The fourth-order valence-corrected chi connectivity index (χ4v) is 6.79. The molecule has 1 unspecified atom stereocenters. The number of fused-ring (bicyclic) bond motifs is 4. The van der Waals surface area contributed by atoms with Crippen molar-refractivity contribution in [1.82, 2.24) is 30.0 Å². The first kappa shape index (κ1) is 27.0. The Balaban J connectivity index is 1.38. The lowest BCUT2D eigenvalue weighted by atomic mass is 9.92. The first-order valence-corrected chi connectivity index (χ1v) is 14.9. The summed E-state index contributed by atoms with van der Waals surface area (Å²) >= 11 is 7.00. The number of aromatic nitrogens is 4. The van der Waals surface area contributed by atoms with E-state index in [0.29, 0.717) is 56.5 Å². The highest BCUT2D eigenvalue weighted by molar-refractivity contribution is 6.36. The maximum absolute atomic E-state index is 12.3. The van der Waals surface area contributed by atoms with Crippen molar-refractivity contribution >= 4 is 45.1 Å². The number of ether oxygens (including phenoxy) is 2. The summed E-state index contributed by atoms with van der Waals surface area (Å²) in [6, 6.07) is 4.80. The molecule has 1 atom stereocenters. The van der Waals surface area contributed by atoms with E-state index in [4.69, 9.17) is 31.0 Å². The molecule has 0 radical (unpaired) electrons. The van der Waals surface area contributed by atoms with Gasteiger partial charge in [0.15, 0.2) is 0 Å². The van der Waals surface area contributed by atoms with Crippen LogP contribution in [-0.2, 0) is 11.2 Å². The van der Waals surface area contributed by atoms with Gasteiger partial charge in [0.2, 0.25) is 5.91 Å². The summed E-state index contributed by atoms with van der Waals surface area (Å²) in [6.07, 6.45) is 6.20. The van der Waals surface area contributed by atoms with Gasteiger partial charge in [0.05, 0.1) is 34.2 Å². The molecule has 4 aromatic rings. The third-order valence-corrected chi connectivity index (χ3v) is 9.37. The number of aryl methyl sites for hydroxylation is 1. The number of hydrogen-bond donors (Lipinski definition) is 1. The fourth-order valence-electron chi connectivity index (χ4n) is 6.54. The Kier molecular flexibility index (Phi) is 6.90. The minimum Gasteiger partial charge on any atom is -0.492 e. The molecule has 42 heavy (non-hydrogen) atoms. The summed E-state index contributed by atoms with van der Waals surface area (Å²) in [5, 5.41) is 9.91. The second kappa shape index (κ2) is 10.7. The van der Waals surface area contributed by atoms with Crippen LogP contribution in [0.25, 0.3) is 32.9 Å². The number of amides is 1. The van der Waals surface area contributed by atoms with Gasteiger partial charge in [-0.2, -0.15) is 15.1 Å². The number of carbonyl (C=O) groups is 1. The van der Waals surface area contributed by atoms with E-state index in [1.54, 1.807) is 0 Å². The number of anilines is 1. The van der Waals surface area contributed by atoms with Gasteiger partial charge in [-0.15, -0.1) is 0 Å². The van der Waals surface area contributed by atoms with Gasteiger partial charge in [0.1, 0.15) is 18.2 Å². The van der Waals surface area contributed by atoms with Gasteiger partial charge in [-0.1, -0.05) is 18.2 Å². The van der Waals surface area contributed by atoms with Gasteiger partial charge in [-0.05, 0) is 62.7 Å². The monoisotopic (exact) mass is 587 g/mol. The lowest BCUT2D eigenvalue weighted by molar-refractivity contribution is -0.126. The van der Waals surface area contributed by atoms with Gasteiger partial charge >= 0.3 is 6.01 Å². The molecule has 2 aromatic heterocycles. The van der Waals surface area contributed by atoms with Gasteiger partial charge in [0, 0.05) is 55.2 Å². The van der Waals surface area contributed by atoms with E-state index in [2.05, 4.69) is 39.7 Å². The van der Waals surface area contributed by atoms with Crippen LogP contribution >= 0.6 is 11.6 Å². The van der Waals surface area contributed by atoms with E-state index in [9.17, 15) is 4.79 Å². The molecule has 2 saturated heterocycles. The van der Waals surface area contributed by atoms with E-state index in [1.165, 1.54) is 6.08 Å². The smallest absolute Gasteiger partial charge is 0.319 e. The van der Waals surface area contributed by atoms with Crippen molar-refractivity contribution < 1.29 is 14.3 Å². The van der Waals surface area contributed by atoms with E-state index in [0.717, 1.165) is 81.4 Å². The Labute approximate surface area is 249 Å². The highest BCUT2D eigenvalue weighted by Gasteiger charge is 2.31. The van der Waals surface area contributed by atoms with Crippen molar-refractivity contribution in [3.05, 3.63) is 47.1 Å². The summed E-state index contributed by atoms with van der Waals surface area (Å²) in [7, 11) is 2.13. The molecule has 3 aliphatic heterocycles. The third-order valence-electron chi connectivity index (χ3n) is 8.88. The molecule has 0 aliphatic carbocycles.